The third-order valence-corrected chi connectivity index (χ3v) is 4.53. The molecule has 2 rings (SSSR count). The highest BCUT2D eigenvalue weighted by Crippen LogP contribution is 2.31. The van der Waals surface area contributed by atoms with Crippen molar-refractivity contribution in [1.82, 2.24) is 9.78 Å². The third kappa shape index (κ3) is 2.73. The molecule has 0 aliphatic heterocycles. The van der Waals surface area contributed by atoms with E-state index in [1.54, 1.807) is 17.5 Å². The first-order valence-corrected chi connectivity index (χ1v) is 7.39. The highest BCUT2D eigenvalue weighted by Gasteiger charge is 2.19. The minimum atomic E-state index is -0.215. The SMILES string of the molecule is CCCn1ncc(Cl)c1C(N)c1cc(Br)cs1. The molecule has 1 atom stereocenters. The van der Waals surface area contributed by atoms with Crippen LogP contribution in [0.5, 0.6) is 0 Å². The van der Waals surface area contributed by atoms with Crippen LogP contribution in [0.1, 0.15) is 30.0 Å². The molecule has 0 spiro atoms. The van der Waals surface area contributed by atoms with Crippen LogP contribution in [0, 0.1) is 0 Å². The van der Waals surface area contributed by atoms with Gasteiger partial charge in [-0.1, -0.05) is 18.5 Å². The van der Waals surface area contributed by atoms with Gasteiger partial charge in [0.1, 0.15) is 0 Å². The normalized spacial score (nSPS) is 12.9. The molecule has 2 aromatic rings. The van der Waals surface area contributed by atoms with Gasteiger partial charge in [-0.15, -0.1) is 11.3 Å². The van der Waals surface area contributed by atoms with E-state index >= 15 is 0 Å². The van der Waals surface area contributed by atoms with E-state index in [0.29, 0.717) is 5.02 Å². The van der Waals surface area contributed by atoms with Gasteiger partial charge in [0.15, 0.2) is 0 Å². The van der Waals surface area contributed by atoms with E-state index in [-0.39, 0.29) is 6.04 Å². The van der Waals surface area contributed by atoms with E-state index in [4.69, 9.17) is 17.3 Å². The molecule has 2 N–H and O–H groups in total. The minimum absolute atomic E-state index is 0.215. The molecule has 0 aromatic carbocycles. The fourth-order valence-corrected chi connectivity index (χ4v) is 3.40. The summed E-state index contributed by atoms with van der Waals surface area (Å²) >= 11 is 11.2. The zero-order valence-electron chi connectivity index (χ0n) is 9.36. The van der Waals surface area contributed by atoms with Gasteiger partial charge in [-0.3, -0.25) is 4.68 Å². The largest absolute Gasteiger partial charge is 0.318 e. The maximum Gasteiger partial charge on any atom is 0.0837 e. The van der Waals surface area contributed by atoms with Crippen LogP contribution in [0.25, 0.3) is 0 Å². The summed E-state index contributed by atoms with van der Waals surface area (Å²) in [6, 6.07) is 1.81. The molecule has 0 aliphatic carbocycles. The molecule has 92 valence electrons. The number of aromatic nitrogens is 2. The summed E-state index contributed by atoms with van der Waals surface area (Å²) in [4.78, 5) is 1.08. The van der Waals surface area contributed by atoms with Gasteiger partial charge in [-0.25, -0.2) is 0 Å². The second kappa shape index (κ2) is 5.52. The summed E-state index contributed by atoms with van der Waals surface area (Å²) in [5.74, 6) is 0. The second-order valence-electron chi connectivity index (χ2n) is 3.75. The molecular formula is C11H13BrClN3S. The topological polar surface area (TPSA) is 43.8 Å². The van der Waals surface area contributed by atoms with E-state index < -0.39 is 0 Å². The number of hydrogen-bond acceptors (Lipinski definition) is 3. The van der Waals surface area contributed by atoms with Crippen molar-refractivity contribution in [1.29, 1.82) is 0 Å². The zero-order chi connectivity index (χ0) is 12.4. The molecule has 0 aliphatic rings. The molecular weight excluding hydrogens is 322 g/mol. The molecule has 0 amide bonds. The quantitative estimate of drug-likeness (QED) is 0.923. The lowest BCUT2D eigenvalue weighted by Crippen LogP contribution is -2.17. The Morgan fingerprint density at radius 1 is 1.65 bits per heavy atom. The van der Waals surface area contributed by atoms with E-state index in [1.165, 1.54) is 0 Å². The molecule has 0 saturated heterocycles. The van der Waals surface area contributed by atoms with E-state index in [2.05, 4.69) is 28.0 Å². The van der Waals surface area contributed by atoms with Crippen LogP contribution in [-0.2, 0) is 6.54 Å². The van der Waals surface area contributed by atoms with Gasteiger partial charge >= 0.3 is 0 Å². The second-order valence-corrected chi connectivity index (χ2v) is 6.01. The zero-order valence-corrected chi connectivity index (χ0v) is 12.5. The minimum Gasteiger partial charge on any atom is -0.318 e. The van der Waals surface area contributed by atoms with Crippen molar-refractivity contribution < 1.29 is 0 Å². The summed E-state index contributed by atoms with van der Waals surface area (Å²) in [7, 11) is 0. The molecule has 0 fully saturated rings. The number of hydrogen-bond donors (Lipinski definition) is 1. The van der Waals surface area contributed by atoms with Crippen molar-refractivity contribution >= 4 is 38.9 Å². The van der Waals surface area contributed by atoms with Crippen molar-refractivity contribution in [3.8, 4) is 0 Å². The Labute approximate surface area is 118 Å². The predicted octanol–water partition coefficient (Wildman–Crippen LogP) is 3.82. The predicted molar refractivity (Wildman–Crippen MR) is 75.6 cm³/mol. The van der Waals surface area contributed by atoms with Crippen LogP contribution in [0.4, 0.5) is 0 Å². The fourth-order valence-electron chi connectivity index (χ4n) is 1.70. The van der Waals surface area contributed by atoms with Crippen LogP contribution in [0.3, 0.4) is 0 Å². The van der Waals surface area contributed by atoms with Gasteiger partial charge in [0.05, 0.1) is 23.0 Å². The maximum atomic E-state index is 6.25. The molecule has 3 nitrogen and oxygen atoms in total. The maximum absolute atomic E-state index is 6.25. The fraction of sp³-hybridized carbons (Fsp3) is 0.364. The summed E-state index contributed by atoms with van der Waals surface area (Å²) in [5, 5.41) is 6.91. The number of nitrogens with zero attached hydrogens (tertiary/aromatic N) is 2. The summed E-state index contributed by atoms with van der Waals surface area (Å²) in [6.45, 7) is 2.94. The Morgan fingerprint density at radius 2 is 2.41 bits per heavy atom. The molecule has 2 aromatic heterocycles. The monoisotopic (exact) mass is 333 g/mol. The molecule has 2 heterocycles. The Morgan fingerprint density at radius 3 is 3.00 bits per heavy atom. The van der Waals surface area contributed by atoms with Gasteiger partial charge in [0.25, 0.3) is 0 Å². The van der Waals surface area contributed by atoms with Crippen LogP contribution in [0.2, 0.25) is 5.02 Å². The van der Waals surface area contributed by atoms with Crippen LogP contribution in [-0.4, -0.2) is 9.78 Å². The van der Waals surface area contributed by atoms with Crippen molar-refractivity contribution in [2.75, 3.05) is 0 Å². The van der Waals surface area contributed by atoms with E-state index in [0.717, 1.165) is 28.0 Å². The van der Waals surface area contributed by atoms with E-state index in [1.807, 2.05) is 16.1 Å². The number of rotatable bonds is 4. The first-order chi connectivity index (χ1) is 8.13. The Kier molecular flexibility index (Phi) is 4.25. The lowest BCUT2D eigenvalue weighted by atomic mass is 10.2. The first kappa shape index (κ1) is 13.1. The summed E-state index contributed by atoms with van der Waals surface area (Å²) in [6.07, 6.45) is 2.67. The molecule has 17 heavy (non-hydrogen) atoms. The van der Waals surface area contributed by atoms with E-state index in [9.17, 15) is 0 Å². The standard InChI is InChI=1S/C11H13BrClN3S/c1-2-3-16-11(8(13)5-15-16)10(14)9-4-7(12)6-17-9/h4-6,10H,2-3,14H2,1H3. The smallest absolute Gasteiger partial charge is 0.0837 e. The molecule has 6 heteroatoms. The molecule has 0 radical (unpaired) electrons. The Bertz CT molecular complexity index is 509. The average molecular weight is 335 g/mol. The van der Waals surface area contributed by atoms with Gasteiger partial charge in [0, 0.05) is 21.3 Å². The summed E-state index contributed by atoms with van der Waals surface area (Å²) < 4.78 is 2.94. The van der Waals surface area contributed by atoms with Crippen molar-refractivity contribution in [2.24, 2.45) is 5.73 Å². The van der Waals surface area contributed by atoms with Crippen LogP contribution >= 0.6 is 38.9 Å². The highest BCUT2D eigenvalue weighted by molar-refractivity contribution is 9.10. The lowest BCUT2D eigenvalue weighted by molar-refractivity contribution is 0.561. The average Bonchev–Trinajstić information content (AvgIpc) is 2.86. The molecule has 0 saturated carbocycles. The van der Waals surface area contributed by atoms with Gasteiger partial charge in [-0.05, 0) is 28.4 Å². The Balaban J connectivity index is 2.35. The first-order valence-electron chi connectivity index (χ1n) is 5.34. The van der Waals surface area contributed by atoms with Crippen LogP contribution < -0.4 is 5.73 Å². The van der Waals surface area contributed by atoms with Crippen LogP contribution in [0.15, 0.2) is 22.1 Å². The molecule has 1 unspecified atom stereocenters. The van der Waals surface area contributed by atoms with Crippen molar-refractivity contribution in [2.45, 2.75) is 25.9 Å². The molecule has 0 bridgehead atoms. The van der Waals surface area contributed by atoms with Crippen molar-refractivity contribution in [3.05, 3.63) is 37.7 Å². The van der Waals surface area contributed by atoms with Gasteiger partial charge in [-0.2, -0.15) is 5.10 Å². The van der Waals surface area contributed by atoms with Crippen molar-refractivity contribution in [3.63, 3.8) is 0 Å². The Hall–Kier alpha value is -0.360. The third-order valence-electron chi connectivity index (χ3n) is 2.46. The number of nitrogens with two attached hydrogens (primary N) is 1. The highest BCUT2D eigenvalue weighted by atomic mass is 79.9. The van der Waals surface area contributed by atoms with Gasteiger partial charge < -0.3 is 5.73 Å². The van der Waals surface area contributed by atoms with Gasteiger partial charge in [0.2, 0.25) is 0 Å². The number of thiophene rings is 1. The lowest BCUT2D eigenvalue weighted by Gasteiger charge is -2.13. The number of halogens is 2. The summed E-state index contributed by atoms with van der Waals surface area (Å²) in [5.41, 5.74) is 7.14. The number of aryl methyl sites for hydroxylation is 1.